The van der Waals surface area contributed by atoms with Crippen LogP contribution in [0.5, 0.6) is 5.75 Å². The molecule has 0 unspecified atom stereocenters. The van der Waals surface area contributed by atoms with E-state index >= 15 is 0 Å². The number of carbonyl (C=O) groups is 1. The van der Waals surface area contributed by atoms with Gasteiger partial charge in [0, 0.05) is 23.2 Å². The summed E-state index contributed by atoms with van der Waals surface area (Å²) < 4.78 is 1.03. The minimum Gasteiger partial charge on any atom is -0.507 e. The molecule has 2 aromatic rings. The van der Waals surface area contributed by atoms with Gasteiger partial charge in [0.15, 0.2) is 0 Å². The van der Waals surface area contributed by atoms with Crippen molar-refractivity contribution in [1.82, 2.24) is 0 Å². The van der Waals surface area contributed by atoms with Gasteiger partial charge in [0.2, 0.25) is 5.91 Å². The first-order chi connectivity index (χ1) is 10.5. The van der Waals surface area contributed by atoms with Crippen molar-refractivity contribution in [2.24, 2.45) is 11.7 Å². The molecule has 0 saturated carbocycles. The first-order valence-electron chi connectivity index (χ1n) is 7.57. The van der Waals surface area contributed by atoms with E-state index in [1.54, 1.807) is 6.07 Å². The van der Waals surface area contributed by atoms with Gasteiger partial charge in [-0.25, -0.2) is 0 Å². The molecule has 0 spiro atoms. The average molecular weight is 364 g/mol. The first-order valence-corrected chi connectivity index (χ1v) is 8.37. The number of carbonyl (C=O) groups excluding carboxylic acids is 1. The number of aromatic hydroxyl groups is 1. The highest BCUT2D eigenvalue weighted by Crippen LogP contribution is 2.28. The van der Waals surface area contributed by atoms with Crippen LogP contribution in [0.25, 0.3) is 10.8 Å². The van der Waals surface area contributed by atoms with Crippen molar-refractivity contribution in [2.45, 2.75) is 19.4 Å². The normalized spacial score (nSPS) is 21.9. The molecule has 5 heteroatoms. The van der Waals surface area contributed by atoms with E-state index in [2.05, 4.69) is 22.0 Å². The molecule has 0 aliphatic carbocycles. The van der Waals surface area contributed by atoms with Crippen molar-refractivity contribution < 1.29 is 14.8 Å². The predicted molar refractivity (Wildman–Crippen MR) is 89.6 cm³/mol. The fourth-order valence-corrected chi connectivity index (χ4v) is 3.66. The lowest BCUT2D eigenvalue weighted by atomic mass is 9.95. The predicted octanol–water partition coefficient (Wildman–Crippen LogP) is 1.59. The van der Waals surface area contributed by atoms with Crippen LogP contribution >= 0.6 is 15.9 Å². The van der Waals surface area contributed by atoms with Crippen molar-refractivity contribution in [3.05, 3.63) is 40.4 Å². The highest BCUT2D eigenvalue weighted by atomic mass is 79.9. The van der Waals surface area contributed by atoms with Crippen LogP contribution in [0.1, 0.15) is 18.4 Å². The number of primary amides is 1. The lowest BCUT2D eigenvalue weighted by Gasteiger charge is -2.28. The standard InChI is InChI=1S/C17H19BrN2O2/c18-13-2-3-14-12(9-13)1-4-16(21)15(14)10-20-7-5-11(6-8-20)17(19)22/h1-4,9,11,21H,5-8,10H2,(H2,19,22)/p+1. The van der Waals surface area contributed by atoms with Crippen molar-refractivity contribution in [2.75, 3.05) is 13.1 Å². The minimum absolute atomic E-state index is 0.0146. The molecule has 3 rings (SSSR count). The summed E-state index contributed by atoms with van der Waals surface area (Å²) >= 11 is 3.48. The number of piperidine rings is 1. The van der Waals surface area contributed by atoms with Crippen molar-refractivity contribution in [3.63, 3.8) is 0 Å². The van der Waals surface area contributed by atoms with Gasteiger partial charge in [-0.2, -0.15) is 0 Å². The Bertz CT molecular complexity index is 709. The van der Waals surface area contributed by atoms with Gasteiger partial charge >= 0.3 is 0 Å². The number of rotatable bonds is 3. The van der Waals surface area contributed by atoms with Crippen LogP contribution in [0.3, 0.4) is 0 Å². The number of phenols is 1. The lowest BCUT2D eigenvalue weighted by Crippen LogP contribution is -3.11. The molecule has 2 aromatic carbocycles. The topological polar surface area (TPSA) is 67.8 Å². The fourth-order valence-electron chi connectivity index (χ4n) is 3.28. The smallest absolute Gasteiger partial charge is 0.220 e. The fraction of sp³-hybridized carbons (Fsp3) is 0.353. The molecular weight excluding hydrogens is 344 g/mol. The van der Waals surface area contributed by atoms with Gasteiger partial charge in [-0.05, 0) is 29.0 Å². The second-order valence-corrected chi connectivity index (χ2v) is 6.95. The minimum atomic E-state index is -0.183. The molecule has 4 nitrogen and oxygen atoms in total. The lowest BCUT2D eigenvalue weighted by molar-refractivity contribution is -0.919. The number of halogens is 1. The Morgan fingerprint density at radius 1 is 1.27 bits per heavy atom. The van der Waals surface area contributed by atoms with Crippen LogP contribution in [-0.2, 0) is 11.3 Å². The molecule has 1 saturated heterocycles. The number of nitrogens with two attached hydrogens (primary N) is 1. The summed E-state index contributed by atoms with van der Waals surface area (Å²) in [5, 5.41) is 12.5. The van der Waals surface area contributed by atoms with E-state index in [4.69, 9.17) is 5.73 Å². The second-order valence-electron chi connectivity index (χ2n) is 6.03. The molecule has 1 amide bonds. The van der Waals surface area contributed by atoms with Crippen LogP contribution in [0.4, 0.5) is 0 Å². The largest absolute Gasteiger partial charge is 0.507 e. The monoisotopic (exact) mass is 363 g/mol. The Labute approximate surface area is 138 Å². The van der Waals surface area contributed by atoms with Gasteiger partial charge in [0.05, 0.1) is 18.7 Å². The molecule has 0 atom stereocenters. The summed E-state index contributed by atoms with van der Waals surface area (Å²) in [7, 11) is 0. The van der Waals surface area contributed by atoms with Gasteiger partial charge < -0.3 is 15.7 Å². The van der Waals surface area contributed by atoms with Crippen molar-refractivity contribution in [3.8, 4) is 5.75 Å². The molecule has 1 aliphatic rings. The first kappa shape index (κ1) is 15.3. The zero-order valence-electron chi connectivity index (χ0n) is 12.3. The summed E-state index contributed by atoms with van der Waals surface area (Å²) in [6.45, 7) is 2.61. The Morgan fingerprint density at radius 2 is 2.00 bits per heavy atom. The Morgan fingerprint density at radius 3 is 2.68 bits per heavy atom. The molecule has 0 radical (unpaired) electrons. The number of fused-ring (bicyclic) bond motifs is 1. The molecule has 1 heterocycles. The number of hydrogen-bond acceptors (Lipinski definition) is 2. The van der Waals surface area contributed by atoms with Crippen molar-refractivity contribution >= 4 is 32.6 Å². The third kappa shape index (κ3) is 3.10. The van der Waals surface area contributed by atoms with E-state index in [0.717, 1.165) is 53.3 Å². The maximum atomic E-state index is 11.2. The summed E-state index contributed by atoms with van der Waals surface area (Å²) in [6.07, 6.45) is 1.67. The van der Waals surface area contributed by atoms with E-state index in [1.807, 2.05) is 18.2 Å². The average Bonchev–Trinajstić information content (AvgIpc) is 2.50. The Kier molecular flexibility index (Phi) is 4.36. The van der Waals surface area contributed by atoms with E-state index in [9.17, 15) is 9.90 Å². The molecule has 116 valence electrons. The van der Waals surface area contributed by atoms with Crippen molar-refractivity contribution in [1.29, 1.82) is 0 Å². The Balaban J connectivity index is 1.82. The van der Waals surface area contributed by atoms with Crippen LogP contribution < -0.4 is 10.6 Å². The third-order valence-electron chi connectivity index (χ3n) is 4.59. The maximum absolute atomic E-state index is 11.2. The van der Waals surface area contributed by atoms with Crippen LogP contribution in [0.2, 0.25) is 0 Å². The number of phenolic OH excluding ortho intramolecular Hbond substituents is 1. The van der Waals surface area contributed by atoms with Gasteiger partial charge in [0.25, 0.3) is 0 Å². The number of hydrogen-bond donors (Lipinski definition) is 3. The van der Waals surface area contributed by atoms with E-state index < -0.39 is 0 Å². The van der Waals surface area contributed by atoms with E-state index in [0.29, 0.717) is 5.75 Å². The molecule has 1 fully saturated rings. The SMILES string of the molecule is NC(=O)C1CC[NH+](Cc2c(O)ccc3cc(Br)ccc23)CC1. The Hall–Kier alpha value is -1.59. The van der Waals surface area contributed by atoms with E-state index in [1.165, 1.54) is 4.90 Å². The number of nitrogens with one attached hydrogen (secondary N) is 1. The highest BCUT2D eigenvalue weighted by molar-refractivity contribution is 9.10. The van der Waals surface area contributed by atoms with Crippen LogP contribution in [-0.4, -0.2) is 24.1 Å². The summed E-state index contributed by atoms with van der Waals surface area (Å²) in [6, 6.07) is 9.81. The number of quaternary nitrogens is 1. The number of likely N-dealkylation sites (tertiary alicyclic amines) is 1. The number of amides is 1. The van der Waals surface area contributed by atoms with Crippen LogP contribution in [0.15, 0.2) is 34.8 Å². The van der Waals surface area contributed by atoms with Gasteiger partial charge in [0.1, 0.15) is 12.3 Å². The quantitative estimate of drug-likeness (QED) is 0.774. The summed E-state index contributed by atoms with van der Waals surface area (Å²) in [5.41, 5.74) is 6.37. The maximum Gasteiger partial charge on any atom is 0.220 e. The highest BCUT2D eigenvalue weighted by Gasteiger charge is 2.26. The zero-order valence-corrected chi connectivity index (χ0v) is 13.9. The molecule has 0 aromatic heterocycles. The second kappa shape index (κ2) is 6.26. The van der Waals surface area contributed by atoms with Crippen LogP contribution in [0, 0.1) is 5.92 Å². The van der Waals surface area contributed by atoms with E-state index in [-0.39, 0.29) is 11.8 Å². The van der Waals surface area contributed by atoms with Gasteiger partial charge in [-0.1, -0.05) is 28.1 Å². The zero-order chi connectivity index (χ0) is 15.7. The molecule has 0 bridgehead atoms. The third-order valence-corrected chi connectivity index (χ3v) is 5.08. The summed E-state index contributed by atoms with van der Waals surface area (Å²) in [5.74, 6) is 0.178. The molecule has 4 N–H and O–H groups in total. The summed E-state index contributed by atoms with van der Waals surface area (Å²) in [4.78, 5) is 12.6. The van der Waals surface area contributed by atoms with Gasteiger partial charge in [-0.3, -0.25) is 4.79 Å². The molecule has 22 heavy (non-hydrogen) atoms. The number of benzene rings is 2. The van der Waals surface area contributed by atoms with Gasteiger partial charge in [-0.15, -0.1) is 0 Å². The molecular formula is C17H20BrN2O2+. The molecule has 1 aliphatic heterocycles.